The van der Waals surface area contributed by atoms with Crippen molar-refractivity contribution >= 4 is 28.8 Å². The number of ether oxygens (including phenoxy) is 1. The van der Waals surface area contributed by atoms with Gasteiger partial charge in [0.05, 0.1) is 30.1 Å². The first kappa shape index (κ1) is 21.6. The Morgan fingerprint density at radius 2 is 1.77 bits per heavy atom. The Labute approximate surface area is 174 Å². The minimum absolute atomic E-state index is 0.0670. The van der Waals surface area contributed by atoms with Crippen LogP contribution in [0.4, 0.5) is 0 Å². The number of imidazole rings is 1. The van der Waals surface area contributed by atoms with E-state index < -0.39 is 0 Å². The Morgan fingerprint density at radius 3 is 2.40 bits per heavy atom. The van der Waals surface area contributed by atoms with Gasteiger partial charge in [0, 0.05) is 27.2 Å². The molecule has 0 N–H and O–H groups in total. The number of nitrogens with zero attached hydrogens (tertiary/aromatic N) is 4. The molecular weight excluding hydrogens is 388 g/mol. The van der Waals surface area contributed by atoms with Crippen LogP contribution in [0.2, 0.25) is 0 Å². The molecule has 2 aromatic rings. The zero-order valence-corrected chi connectivity index (χ0v) is 17.7. The fraction of sp³-hybridized carbons (Fsp3) is 0.524. The minimum Gasteiger partial charge on any atom is -0.466 e. The van der Waals surface area contributed by atoms with E-state index in [0.717, 1.165) is 5.52 Å². The number of rotatable bonds is 6. The van der Waals surface area contributed by atoms with Gasteiger partial charge in [0.15, 0.2) is 0 Å². The predicted octanol–water partition coefficient (Wildman–Crippen LogP) is 0.600. The zero-order chi connectivity index (χ0) is 21.8. The van der Waals surface area contributed by atoms with Crippen LogP contribution in [0.5, 0.6) is 0 Å². The number of carbonyl (C=O) groups excluding carboxylic acids is 3. The van der Waals surface area contributed by atoms with E-state index in [4.69, 9.17) is 4.74 Å². The first-order chi connectivity index (χ1) is 14.3. The number of fused-ring (bicyclic) bond motifs is 1. The van der Waals surface area contributed by atoms with Crippen molar-refractivity contribution in [3.8, 4) is 0 Å². The second-order valence-corrected chi connectivity index (χ2v) is 7.57. The summed E-state index contributed by atoms with van der Waals surface area (Å²) in [6.07, 6.45) is 1.13. The van der Waals surface area contributed by atoms with E-state index in [-0.39, 0.29) is 42.5 Å². The van der Waals surface area contributed by atoms with Crippen LogP contribution in [-0.2, 0) is 32.7 Å². The van der Waals surface area contributed by atoms with E-state index in [2.05, 4.69) is 0 Å². The van der Waals surface area contributed by atoms with E-state index >= 15 is 0 Å². The molecular formula is C21H28N4O5. The number of amides is 2. The van der Waals surface area contributed by atoms with E-state index in [1.165, 1.54) is 14.0 Å². The molecule has 162 valence electrons. The third-order valence-corrected chi connectivity index (χ3v) is 5.61. The fourth-order valence-electron chi connectivity index (χ4n) is 3.79. The van der Waals surface area contributed by atoms with Crippen LogP contribution in [0.1, 0.15) is 19.8 Å². The molecule has 3 rings (SSSR count). The highest BCUT2D eigenvalue weighted by molar-refractivity contribution is 5.86. The van der Waals surface area contributed by atoms with Crippen molar-refractivity contribution in [3.05, 3.63) is 34.7 Å². The summed E-state index contributed by atoms with van der Waals surface area (Å²) in [4.78, 5) is 52.6. The molecule has 1 aromatic carbocycles. The standard InChI is InChI=1S/C21H28N4O5/c1-4-30-20(28)15-9-11-24(12-10-15)19(27)13-22(2)18(26)14-25-17-8-6-5-7-16(17)23(3)21(25)29/h5-8,15H,4,9-14H2,1-3H3. The van der Waals surface area contributed by atoms with Gasteiger partial charge in [-0.1, -0.05) is 12.1 Å². The third kappa shape index (κ3) is 4.39. The van der Waals surface area contributed by atoms with Gasteiger partial charge in [0.1, 0.15) is 6.54 Å². The van der Waals surface area contributed by atoms with Gasteiger partial charge in [-0.3, -0.25) is 23.5 Å². The molecule has 0 radical (unpaired) electrons. The number of piperidine rings is 1. The second-order valence-electron chi connectivity index (χ2n) is 7.57. The largest absolute Gasteiger partial charge is 0.466 e. The van der Waals surface area contributed by atoms with Gasteiger partial charge in [0.2, 0.25) is 11.8 Å². The molecule has 1 aliphatic rings. The Balaban J connectivity index is 1.58. The molecule has 30 heavy (non-hydrogen) atoms. The van der Waals surface area contributed by atoms with Crippen molar-refractivity contribution in [2.24, 2.45) is 13.0 Å². The number of carbonyl (C=O) groups is 3. The molecule has 1 aliphatic heterocycles. The quantitative estimate of drug-likeness (QED) is 0.643. The molecule has 0 unspecified atom stereocenters. The molecule has 1 fully saturated rings. The number of hydrogen-bond acceptors (Lipinski definition) is 5. The maximum Gasteiger partial charge on any atom is 0.329 e. The molecule has 0 spiro atoms. The highest BCUT2D eigenvalue weighted by Gasteiger charge is 2.29. The molecule has 9 heteroatoms. The van der Waals surface area contributed by atoms with Crippen LogP contribution in [0.3, 0.4) is 0 Å². The topological polar surface area (TPSA) is 93.8 Å². The third-order valence-electron chi connectivity index (χ3n) is 5.61. The summed E-state index contributed by atoms with van der Waals surface area (Å²) < 4.78 is 7.97. The number of para-hydroxylation sites is 2. The van der Waals surface area contributed by atoms with Crippen molar-refractivity contribution in [3.63, 3.8) is 0 Å². The number of benzene rings is 1. The zero-order valence-electron chi connectivity index (χ0n) is 17.7. The monoisotopic (exact) mass is 416 g/mol. The van der Waals surface area contributed by atoms with Crippen LogP contribution < -0.4 is 5.69 Å². The van der Waals surface area contributed by atoms with Crippen LogP contribution in [0.25, 0.3) is 11.0 Å². The number of likely N-dealkylation sites (tertiary alicyclic amines) is 1. The van der Waals surface area contributed by atoms with Gasteiger partial charge in [-0.15, -0.1) is 0 Å². The molecule has 1 saturated heterocycles. The summed E-state index contributed by atoms with van der Waals surface area (Å²) in [7, 11) is 3.22. The summed E-state index contributed by atoms with van der Waals surface area (Å²) in [5.41, 5.74) is 1.16. The second kappa shape index (κ2) is 9.15. The maximum atomic E-state index is 12.7. The van der Waals surface area contributed by atoms with Gasteiger partial charge in [0.25, 0.3) is 0 Å². The smallest absolute Gasteiger partial charge is 0.329 e. The normalized spacial score (nSPS) is 14.7. The summed E-state index contributed by atoms with van der Waals surface area (Å²) in [5.74, 6) is -0.870. The number of hydrogen-bond donors (Lipinski definition) is 0. The van der Waals surface area contributed by atoms with Crippen LogP contribution in [-0.4, -0.2) is 70.0 Å². The summed E-state index contributed by atoms with van der Waals surface area (Å²) in [6, 6.07) is 7.27. The number of likely N-dealkylation sites (N-methyl/N-ethyl adjacent to an activating group) is 1. The fourth-order valence-corrected chi connectivity index (χ4v) is 3.79. The Kier molecular flexibility index (Phi) is 6.59. The van der Waals surface area contributed by atoms with Crippen molar-refractivity contribution in [1.29, 1.82) is 0 Å². The summed E-state index contributed by atoms with van der Waals surface area (Å²) >= 11 is 0. The molecule has 0 atom stereocenters. The van der Waals surface area contributed by atoms with Gasteiger partial charge in [-0.05, 0) is 31.9 Å². The van der Waals surface area contributed by atoms with Crippen molar-refractivity contribution in [2.45, 2.75) is 26.3 Å². The van der Waals surface area contributed by atoms with Gasteiger partial charge < -0.3 is 14.5 Å². The molecule has 0 aliphatic carbocycles. The Morgan fingerprint density at radius 1 is 1.13 bits per heavy atom. The predicted molar refractivity (Wildman–Crippen MR) is 111 cm³/mol. The summed E-state index contributed by atoms with van der Waals surface area (Å²) in [6.45, 7) is 2.86. The number of esters is 1. The van der Waals surface area contributed by atoms with Gasteiger partial charge in [-0.25, -0.2) is 4.79 Å². The van der Waals surface area contributed by atoms with E-state index in [9.17, 15) is 19.2 Å². The first-order valence-electron chi connectivity index (χ1n) is 10.2. The van der Waals surface area contributed by atoms with Gasteiger partial charge >= 0.3 is 11.7 Å². The molecule has 2 amide bonds. The number of aryl methyl sites for hydroxylation is 1. The average molecular weight is 416 g/mol. The molecule has 0 saturated carbocycles. The SMILES string of the molecule is CCOC(=O)C1CCN(C(=O)CN(C)C(=O)Cn2c(=O)n(C)c3ccccc32)CC1. The average Bonchev–Trinajstić information content (AvgIpc) is 2.99. The molecule has 0 bridgehead atoms. The molecule has 9 nitrogen and oxygen atoms in total. The number of aromatic nitrogens is 2. The maximum absolute atomic E-state index is 12.7. The van der Waals surface area contributed by atoms with Crippen LogP contribution in [0.15, 0.2) is 29.1 Å². The van der Waals surface area contributed by atoms with Crippen molar-refractivity contribution in [2.75, 3.05) is 33.3 Å². The molecule has 1 aromatic heterocycles. The van der Waals surface area contributed by atoms with E-state index in [0.29, 0.717) is 38.1 Å². The lowest BCUT2D eigenvalue weighted by molar-refractivity contribution is -0.151. The lowest BCUT2D eigenvalue weighted by Gasteiger charge is -2.32. The Bertz CT molecular complexity index is 1000. The van der Waals surface area contributed by atoms with Crippen molar-refractivity contribution < 1.29 is 19.1 Å². The van der Waals surface area contributed by atoms with Crippen molar-refractivity contribution in [1.82, 2.24) is 18.9 Å². The van der Waals surface area contributed by atoms with Crippen LogP contribution >= 0.6 is 0 Å². The minimum atomic E-state index is -0.316. The Hall–Kier alpha value is -3.10. The molecule has 2 heterocycles. The lowest BCUT2D eigenvalue weighted by atomic mass is 9.97. The first-order valence-corrected chi connectivity index (χ1v) is 10.2. The lowest BCUT2D eigenvalue weighted by Crippen LogP contribution is -2.46. The van der Waals surface area contributed by atoms with E-state index in [1.54, 1.807) is 32.0 Å². The van der Waals surface area contributed by atoms with Gasteiger partial charge in [-0.2, -0.15) is 0 Å². The van der Waals surface area contributed by atoms with E-state index in [1.807, 2.05) is 18.2 Å². The highest BCUT2D eigenvalue weighted by Crippen LogP contribution is 2.19. The highest BCUT2D eigenvalue weighted by atomic mass is 16.5. The summed E-state index contributed by atoms with van der Waals surface area (Å²) in [5, 5.41) is 0. The van der Waals surface area contributed by atoms with Crippen LogP contribution in [0, 0.1) is 5.92 Å².